The molecule has 5 nitrogen and oxygen atoms in total. The van der Waals surface area contributed by atoms with Gasteiger partial charge >= 0.3 is 0 Å². The summed E-state index contributed by atoms with van der Waals surface area (Å²) in [7, 11) is 4.25. The topological polar surface area (TPSA) is 52.7 Å². The predicted molar refractivity (Wildman–Crippen MR) is 104 cm³/mol. The van der Waals surface area contributed by atoms with Crippen LogP contribution in [-0.2, 0) is 10.0 Å². The van der Waals surface area contributed by atoms with Crippen LogP contribution in [-0.4, -0.2) is 48.1 Å². The quantitative estimate of drug-likeness (QED) is 0.801. The van der Waals surface area contributed by atoms with E-state index in [1.165, 1.54) is 12.1 Å². The first-order valence-electron chi connectivity index (χ1n) is 7.89. The van der Waals surface area contributed by atoms with Crippen LogP contribution in [0.15, 0.2) is 53.4 Å². The number of halogens is 1. The van der Waals surface area contributed by atoms with Crippen LogP contribution in [0.4, 0.5) is 5.69 Å². The summed E-state index contributed by atoms with van der Waals surface area (Å²) in [6, 6.07) is 14.2. The zero-order chi connectivity index (χ0) is 18.6. The van der Waals surface area contributed by atoms with Crippen molar-refractivity contribution >= 4 is 27.3 Å². The number of hydrogen-bond acceptors (Lipinski definition) is 4. The molecule has 2 rings (SSSR count). The monoisotopic (exact) mass is 381 g/mol. The van der Waals surface area contributed by atoms with Gasteiger partial charge in [0.15, 0.2) is 0 Å². The van der Waals surface area contributed by atoms with Gasteiger partial charge in [-0.3, -0.25) is 0 Å². The predicted octanol–water partition coefficient (Wildman–Crippen LogP) is 2.99. The van der Waals surface area contributed by atoms with Crippen molar-refractivity contribution in [1.82, 2.24) is 9.62 Å². The molecule has 0 spiro atoms. The largest absolute Gasteiger partial charge is 0.378 e. The summed E-state index contributed by atoms with van der Waals surface area (Å²) in [5.74, 6) is 0. The first kappa shape index (κ1) is 19.7. The number of anilines is 1. The van der Waals surface area contributed by atoms with Crippen molar-refractivity contribution in [3.63, 3.8) is 0 Å². The minimum absolute atomic E-state index is 0.0710. The normalized spacial score (nSPS) is 13.0. The second-order valence-corrected chi connectivity index (χ2v) is 8.47. The Kier molecular flexibility index (Phi) is 6.46. The minimum atomic E-state index is -3.58. The molecule has 2 aromatic rings. The lowest BCUT2D eigenvalue weighted by Crippen LogP contribution is -2.34. The summed E-state index contributed by atoms with van der Waals surface area (Å²) in [4.78, 5) is 4.23. The van der Waals surface area contributed by atoms with Gasteiger partial charge in [-0.25, -0.2) is 13.1 Å². The number of benzene rings is 2. The number of nitrogens with one attached hydrogen (secondary N) is 1. The van der Waals surface area contributed by atoms with Crippen LogP contribution in [0, 0.1) is 0 Å². The zero-order valence-electron chi connectivity index (χ0n) is 14.9. The van der Waals surface area contributed by atoms with E-state index in [-0.39, 0.29) is 17.5 Å². The van der Waals surface area contributed by atoms with Crippen LogP contribution in [0.3, 0.4) is 0 Å². The highest BCUT2D eigenvalue weighted by atomic mass is 35.5. The molecule has 0 aliphatic carbocycles. The van der Waals surface area contributed by atoms with E-state index >= 15 is 0 Å². The van der Waals surface area contributed by atoms with Crippen LogP contribution in [0.2, 0.25) is 5.02 Å². The van der Waals surface area contributed by atoms with Gasteiger partial charge in [-0.2, -0.15) is 0 Å². The summed E-state index contributed by atoms with van der Waals surface area (Å²) in [6.07, 6.45) is 0. The second-order valence-electron chi connectivity index (χ2n) is 6.27. The second kappa shape index (κ2) is 8.19. The lowest BCUT2D eigenvalue weighted by molar-refractivity contribution is 0.299. The Morgan fingerprint density at radius 3 is 2.00 bits per heavy atom. The van der Waals surface area contributed by atoms with Crippen molar-refractivity contribution < 1.29 is 8.42 Å². The average molecular weight is 382 g/mol. The molecule has 0 radical (unpaired) electrons. The van der Waals surface area contributed by atoms with Crippen LogP contribution >= 0.6 is 11.6 Å². The van der Waals surface area contributed by atoms with Gasteiger partial charge in [0.1, 0.15) is 0 Å². The van der Waals surface area contributed by atoms with E-state index in [0.29, 0.717) is 5.02 Å². The SMILES string of the molecule is CN(C)c1ccc([C@@H](CNS(=O)(=O)c2ccc(Cl)cc2)N(C)C)cc1. The fourth-order valence-corrected chi connectivity index (χ4v) is 3.64. The van der Waals surface area contributed by atoms with E-state index in [1.54, 1.807) is 12.1 Å². The Hall–Kier alpha value is -1.60. The third kappa shape index (κ3) is 5.19. The molecule has 0 aliphatic heterocycles. The van der Waals surface area contributed by atoms with Crippen molar-refractivity contribution in [3.05, 3.63) is 59.1 Å². The van der Waals surface area contributed by atoms with Gasteiger partial charge in [-0.1, -0.05) is 23.7 Å². The number of likely N-dealkylation sites (N-methyl/N-ethyl adjacent to an activating group) is 1. The van der Waals surface area contributed by atoms with E-state index in [4.69, 9.17) is 11.6 Å². The highest BCUT2D eigenvalue weighted by Gasteiger charge is 2.19. The number of rotatable bonds is 7. The summed E-state index contributed by atoms with van der Waals surface area (Å²) in [5.41, 5.74) is 2.15. The van der Waals surface area contributed by atoms with Crippen molar-refractivity contribution in [2.75, 3.05) is 39.6 Å². The first-order chi connectivity index (χ1) is 11.7. The van der Waals surface area contributed by atoms with Crippen molar-refractivity contribution in [1.29, 1.82) is 0 Å². The Morgan fingerprint density at radius 2 is 1.52 bits per heavy atom. The third-order valence-corrected chi connectivity index (χ3v) is 5.70. The smallest absolute Gasteiger partial charge is 0.240 e. The molecule has 7 heteroatoms. The average Bonchev–Trinajstić information content (AvgIpc) is 2.55. The Balaban J connectivity index is 2.15. The van der Waals surface area contributed by atoms with Crippen LogP contribution in [0.25, 0.3) is 0 Å². The van der Waals surface area contributed by atoms with E-state index in [9.17, 15) is 8.42 Å². The fraction of sp³-hybridized carbons (Fsp3) is 0.333. The molecule has 0 amide bonds. The zero-order valence-corrected chi connectivity index (χ0v) is 16.5. The molecule has 0 unspecified atom stereocenters. The maximum atomic E-state index is 12.5. The summed E-state index contributed by atoms with van der Waals surface area (Å²) >= 11 is 5.82. The van der Waals surface area contributed by atoms with Crippen LogP contribution in [0.1, 0.15) is 11.6 Å². The molecule has 0 fully saturated rings. The van der Waals surface area contributed by atoms with E-state index in [2.05, 4.69) is 4.72 Å². The lowest BCUT2D eigenvalue weighted by atomic mass is 10.1. The van der Waals surface area contributed by atoms with E-state index in [1.807, 2.05) is 62.3 Å². The number of nitrogens with zero attached hydrogens (tertiary/aromatic N) is 2. The standard InChI is InChI=1S/C18H24ClN3O2S/c1-21(2)16-9-5-14(6-10-16)18(22(3)4)13-20-25(23,24)17-11-7-15(19)8-12-17/h5-12,18,20H,13H2,1-4H3/t18-/m1/s1. The van der Waals surface area contributed by atoms with Crippen molar-refractivity contribution in [2.45, 2.75) is 10.9 Å². The van der Waals surface area contributed by atoms with Gasteiger partial charge in [-0.15, -0.1) is 0 Å². The van der Waals surface area contributed by atoms with Crippen LogP contribution < -0.4 is 9.62 Å². The molecule has 1 N–H and O–H groups in total. The Bertz CT molecular complexity index is 788. The molecule has 0 bridgehead atoms. The molecular weight excluding hydrogens is 358 g/mol. The molecule has 136 valence electrons. The third-order valence-electron chi connectivity index (χ3n) is 4.01. The summed E-state index contributed by atoms with van der Waals surface area (Å²) in [5, 5.41) is 0.506. The van der Waals surface area contributed by atoms with E-state index < -0.39 is 10.0 Å². The van der Waals surface area contributed by atoms with Gasteiger partial charge in [-0.05, 0) is 56.1 Å². The number of hydrogen-bond donors (Lipinski definition) is 1. The fourth-order valence-electron chi connectivity index (χ4n) is 2.48. The Labute approximate surface area is 155 Å². The molecular formula is C18H24ClN3O2S. The Morgan fingerprint density at radius 1 is 0.960 bits per heavy atom. The van der Waals surface area contributed by atoms with Gasteiger partial charge in [0.05, 0.1) is 4.90 Å². The molecule has 0 saturated heterocycles. The number of sulfonamides is 1. The highest BCUT2D eigenvalue weighted by molar-refractivity contribution is 7.89. The molecule has 1 atom stereocenters. The molecule has 0 heterocycles. The maximum absolute atomic E-state index is 12.5. The van der Waals surface area contributed by atoms with Crippen molar-refractivity contribution in [2.24, 2.45) is 0 Å². The molecule has 0 aromatic heterocycles. The lowest BCUT2D eigenvalue weighted by Gasteiger charge is -2.25. The molecule has 0 aliphatic rings. The van der Waals surface area contributed by atoms with Crippen molar-refractivity contribution in [3.8, 4) is 0 Å². The van der Waals surface area contributed by atoms with Gasteiger partial charge in [0, 0.05) is 37.4 Å². The highest BCUT2D eigenvalue weighted by Crippen LogP contribution is 2.22. The summed E-state index contributed by atoms with van der Waals surface area (Å²) in [6.45, 7) is 0.277. The summed E-state index contributed by atoms with van der Waals surface area (Å²) < 4.78 is 27.6. The van der Waals surface area contributed by atoms with Gasteiger partial charge < -0.3 is 9.80 Å². The van der Waals surface area contributed by atoms with Gasteiger partial charge in [0.2, 0.25) is 10.0 Å². The molecule has 2 aromatic carbocycles. The van der Waals surface area contributed by atoms with Crippen LogP contribution in [0.5, 0.6) is 0 Å². The molecule has 25 heavy (non-hydrogen) atoms. The maximum Gasteiger partial charge on any atom is 0.240 e. The minimum Gasteiger partial charge on any atom is -0.378 e. The molecule has 0 saturated carbocycles. The van der Waals surface area contributed by atoms with E-state index in [0.717, 1.165) is 11.3 Å². The van der Waals surface area contributed by atoms with Gasteiger partial charge in [0.25, 0.3) is 0 Å². The first-order valence-corrected chi connectivity index (χ1v) is 9.76.